The van der Waals surface area contributed by atoms with Gasteiger partial charge in [0, 0.05) is 0 Å². The van der Waals surface area contributed by atoms with Gasteiger partial charge in [0.2, 0.25) is 5.91 Å². The Labute approximate surface area is 90.9 Å². The first-order chi connectivity index (χ1) is 6.87. The monoisotopic (exact) mass is 218 g/mol. The van der Waals surface area contributed by atoms with Crippen molar-refractivity contribution in [3.63, 3.8) is 0 Å². The molecule has 0 aromatic heterocycles. The van der Waals surface area contributed by atoms with Crippen LogP contribution in [0.25, 0.3) is 0 Å². The van der Waals surface area contributed by atoms with Gasteiger partial charge >= 0.3 is 0 Å². The molecule has 0 atom stereocenters. The molecular weight excluding hydrogens is 196 g/mol. The van der Waals surface area contributed by atoms with Gasteiger partial charge in [0.1, 0.15) is 0 Å². The molecule has 0 unspecified atom stereocenters. The summed E-state index contributed by atoms with van der Waals surface area (Å²) in [6, 6.07) is 0. The average molecular weight is 218 g/mol. The van der Waals surface area contributed by atoms with E-state index in [-0.39, 0.29) is 19.1 Å². The predicted molar refractivity (Wildman–Crippen MR) is 58.5 cm³/mol. The normalized spacial score (nSPS) is 12.7. The summed E-state index contributed by atoms with van der Waals surface area (Å²) < 4.78 is 0. The second-order valence-electron chi connectivity index (χ2n) is 4.28. The Bertz CT molecular complexity index is 204. The van der Waals surface area contributed by atoms with Crippen LogP contribution in [-0.4, -0.2) is 47.5 Å². The maximum Gasteiger partial charge on any atom is 0.240 e. The summed E-state index contributed by atoms with van der Waals surface area (Å²) in [5.41, 5.74) is -1.64. The number of carbonyl (C=O) groups excluding carboxylic acids is 1. The highest BCUT2D eigenvalue weighted by atomic mass is 16.3. The number of rotatable bonds is 6. The minimum atomic E-state index is -0.925. The van der Waals surface area contributed by atoms with Gasteiger partial charge < -0.3 is 20.8 Å². The zero-order valence-corrected chi connectivity index (χ0v) is 9.92. The topological polar surface area (TPSA) is 81.6 Å². The quantitative estimate of drug-likeness (QED) is 0.472. The van der Waals surface area contributed by atoms with Gasteiger partial charge in [0.15, 0.2) is 0 Å². The molecule has 0 aliphatic carbocycles. The lowest BCUT2D eigenvalue weighted by atomic mass is 9.95. The lowest BCUT2D eigenvalue weighted by Crippen LogP contribution is -2.61. The Morgan fingerprint density at radius 3 is 2.00 bits per heavy atom. The lowest BCUT2D eigenvalue weighted by Gasteiger charge is -2.34. The van der Waals surface area contributed by atoms with E-state index in [1.54, 1.807) is 27.8 Å². The zero-order valence-electron chi connectivity index (χ0n) is 9.92. The van der Waals surface area contributed by atoms with Gasteiger partial charge in [-0.05, 0) is 27.3 Å². The van der Waals surface area contributed by atoms with E-state index in [9.17, 15) is 4.79 Å². The fourth-order valence-electron chi connectivity index (χ4n) is 0.952. The number of hydrogen-bond acceptors (Lipinski definition) is 4. The van der Waals surface area contributed by atoms with Gasteiger partial charge in [0.05, 0.1) is 24.3 Å². The smallest absolute Gasteiger partial charge is 0.240 e. The van der Waals surface area contributed by atoms with E-state index in [0.29, 0.717) is 6.42 Å². The molecule has 0 heterocycles. The molecular formula is C10H22N2O3. The first-order valence-corrected chi connectivity index (χ1v) is 5.10. The van der Waals surface area contributed by atoms with Crippen molar-refractivity contribution in [3.05, 3.63) is 0 Å². The molecule has 0 radical (unpaired) electrons. The van der Waals surface area contributed by atoms with Gasteiger partial charge in [0.25, 0.3) is 0 Å². The number of aliphatic hydroxyl groups excluding tert-OH is 2. The third kappa shape index (κ3) is 3.44. The highest BCUT2D eigenvalue weighted by Crippen LogP contribution is 2.11. The maximum absolute atomic E-state index is 11.8. The summed E-state index contributed by atoms with van der Waals surface area (Å²) in [4.78, 5) is 11.8. The van der Waals surface area contributed by atoms with Gasteiger partial charge in [-0.25, -0.2) is 0 Å². The Morgan fingerprint density at radius 2 is 1.73 bits per heavy atom. The second-order valence-corrected chi connectivity index (χ2v) is 4.28. The minimum absolute atomic E-state index is 0.241. The van der Waals surface area contributed by atoms with Crippen molar-refractivity contribution < 1.29 is 15.0 Å². The summed E-state index contributed by atoms with van der Waals surface area (Å²) >= 11 is 0. The summed E-state index contributed by atoms with van der Waals surface area (Å²) in [6.07, 6.45) is 0.478. The number of amides is 1. The van der Waals surface area contributed by atoms with Crippen LogP contribution >= 0.6 is 0 Å². The number of hydrogen-bond donors (Lipinski definition) is 4. The number of likely N-dealkylation sites (N-methyl/N-ethyl adjacent to an activating group) is 1. The Kier molecular flexibility index (Phi) is 5.20. The van der Waals surface area contributed by atoms with E-state index < -0.39 is 11.1 Å². The van der Waals surface area contributed by atoms with Crippen LogP contribution in [-0.2, 0) is 4.79 Å². The Balaban J connectivity index is 4.62. The summed E-state index contributed by atoms with van der Waals surface area (Å²) in [5.74, 6) is -0.241. The standard InChI is InChI=1S/C10H22N2O3/c1-5-10(6-13,7-14)12-8(15)9(2,3)11-4/h11,13-14H,5-7H2,1-4H3,(H,12,15). The molecule has 0 aliphatic rings. The molecule has 0 rings (SSSR count). The van der Waals surface area contributed by atoms with E-state index in [1.807, 2.05) is 0 Å². The molecule has 0 spiro atoms. The molecule has 0 saturated carbocycles. The molecule has 0 aliphatic heterocycles. The molecule has 0 fully saturated rings. The van der Waals surface area contributed by atoms with Crippen LogP contribution < -0.4 is 10.6 Å². The van der Waals surface area contributed by atoms with Gasteiger partial charge in [-0.15, -0.1) is 0 Å². The SMILES string of the molecule is CCC(CO)(CO)NC(=O)C(C)(C)NC. The highest BCUT2D eigenvalue weighted by Gasteiger charge is 2.34. The summed E-state index contributed by atoms with van der Waals surface area (Å²) in [6.45, 7) is 4.73. The van der Waals surface area contributed by atoms with Gasteiger partial charge in [-0.2, -0.15) is 0 Å². The third-order valence-electron chi connectivity index (χ3n) is 2.85. The first kappa shape index (κ1) is 14.3. The average Bonchev–Trinajstić information content (AvgIpc) is 2.25. The maximum atomic E-state index is 11.8. The van der Waals surface area contributed by atoms with E-state index >= 15 is 0 Å². The van der Waals surface area contributed by atoms with Crippen molar-refractivity contribution in [2.75, 3.05) is 20.3 Å². The van der Waals surface area contributed by atoms with E-state index in [0.717, 1.165) is 0 Å². The number of aliphatic hydroxyl groups is 2. The Hall–Kier alpha value is -0.650. The van der Waals surface area contributed by atoms with E-state index in [2.05, 4.69) is 10.6 Å². The van der Waals surface area contributed by atoms with Crippen molar-refractivity contribution in [1.82, 2.24) is 10.6 Å². The largest absolute Gasteiger partial charge is 0.394 e. The fourth-order valence-corrected chi connectivity index (χ4v) is 0.952. The fraction of sp³-hybridized carbons (Fsp3) is 0.900. The molecule has 1 amide bonds. The molecule has 90 valence electrons. The van der Waals surface area contributed by atoms with Gasteiger partial charge in [-0.1, -0.05) is 6.92 Å². The molecule has 5 heteroatoms. The van der Waals surface area contributed by atoms with Crippen LogP contribution in [0.3, 0.4) is 0 Å². The summed E-state index contributed by atoms with van der Waals surface area (Å²) in [5, 5.41) is 23.9. The lowest BCUT2D eigenvalue weighted by molar-refractivity contribution is -0.129. The zero-order chi connectivity index (χ0) is 12.1. The molecule has 5 nitrogen and oxygen atoms in total. The minimum Gasteiger partial charge on any atom is -0.394 e. The number of carbonyl (C=O) groups is 1. The molecule has 0 aromatic rings. The predicted octanol–water partition coefficient (Wildman–Crippen LogP) is -0.766. The van der Waals surface area contributed by atoms with Crippen molar-refractivity contribution in [2.24, 2.45) is 0 Å². The van der Waals surface area contributed by atoms with Crippen LogP contribution in [0.15, 0.2) is 0 Å². The molecule has 0 aromatic carbocycles. The van der Waals surface area contributed by atoms with Crippen molar-refractivity contribution in [3.8, 4) is 0 Å². The molecule has 15 heavy (non-hydrogen) atoms. The van der Waals surface area contributed by atoms with Crippen molar-refractivity contribution >= 4 is 5.91 Å². The van der Waals surface area contributed by atoms with Crippen LogP contribution in [0.4, 0.5) is 0 Å². The van der Waals surface area contributed by atoms with Crippen LogP contribution in [0, 0.1) is 0 Å². The second kappa shape index (κ2) is 5.44. The third-order valence-corrected chi connectivity index (χ3v) is 2.85. The van der Waals surface area contributed by atoms with Crippen LogP contribution in [0.2, 0.25) is 0 Å². The van der Waals surface area contributed by atoms with E-state index in [4.69, 9.17) is 10.2 Å². The van der Waals surface area contributed by atoms with Crippen LogP contribution in [0.5, 0.6) is 0 Å². The summed E-state index contributed by atoms with van der Waals surface area (Å²) in [7, 11) is 1.69. The Morgan fingerprint density at radius 1 is 1.27 bits per heavy atom. The molecule has 0 bridgehead atoms. The number of nitrogens with one attached hydrogen (secondary N) is 2. The van der Waals surface area contributed by atoms with Gasteiger partial charge in [-0.3, -0.25) is 4.79 Å². The van der Waals surface area contributed by atoms with Crippen molar-refractivity contribution in [1.29, 1.82) is 0 Å². The highest BCUT2D eigenvalue weighted by molar-refractivity contribution is 5.86. The van der Waals surface area contributed by atoms with E-state index in [1.165, 1.54) is 0 Å². The van der Waals surface area contributed by atoms with Crippen molar-refractivity contribution in [2.45, 2.75) is 38.3 Å². The molecule has 4 N–H and O–H groups in total. The molecule has 0 saturated heterocycles. The van der Waals surface area contributed by atoms with Crippen LogP contribution in [0.1, 0.15) is 27.2 Å². The first-order valence-electron chi connectivity index (χ1n) is 5.10.